The van der Waals surface area contributed by atoms with Crippen LogP contribution >= 0.6 is 0 Å². The molecule has 6 heteroatoms. The number of nitrogen functional groups attached to an aromatic ring is 1. The molecule has 0 amide bonds. The number of nitrogens with two attached hydrogens (primary N) is 1. The van der Waals surface area contributed by atoms with Crippen LogP contribution in [0.25, 0.3) is 0 Å². The molecule has 0 atom stereocenters. The maximum atomic E-state index is 11.8. The Kier molecular flexibility index (Phi) is 4.50. The van der Waals surface area contributed by atoms with Crippen molar-refractivity contribution in [2.45, 2.75) is 26.4 Å². The summed E-state index contributed by atoms with van der Waals surface area (Å²) >= 11 is 0. The molecule has 96 valence electrons. The zero-order chi connectivity index (χ0) is 13.1. The van der Waals surface area contributed by atoms with Gasteiger partial charge >= 0.3 is 0 Å². The van der Waals surface area contributed by atoms with Gasteiger partial charge in [0, 0.05) is 25.3 Å². The van der Waals surface area contributed by atoms with Crippen LogP contribution in [-0.4, -0.2) is 25.8 Å². The van der Waals surface area contributed by atoms with Gasteiger partial charge < -0.3 is 5.73 Å². The molecule has 0 radical (unpaired) electrons. The van der Waals surface area contributed by atoms with E-state index in [9.17, 15) is 8.42 Å². The van der Waals surface area contributed by atoms with Crippen molar-refractivity contribution in [1.82, 2.24) is 9.03 Å². The molecule has 0 spiro atoms. The number of hydrogen-bond donors (Lipinski definition) is 2. The predicted molar refractivity (Wildman–Crippen MR) is 69.5 cm³/mol. The summed E-state index contributed by atoms with van der Waals surface area (Å²) in [5.41, 5.74) is 7.08. The fourth-order valence-corrected chi connectivity index (χ4v) is 2.36. The average Bonchev–Trinajstić information content (AvgIpc) is 2.25. The van der Waals surface area contributed by atoms with Crippen LogP contribution in [0.1, 0.15) is 19.4 Å². The van der Waals surface area contributed by atoms with Crippen LogP contribution in [-0.2, 0) is 16.8 Å². The van der Waals surface area contributed by atoms with E-state index >= 15 is 0 Å². The monoisotopic (exact) mass is 257 g/mol. The maximum Gasteiger partial charge on any atom is 0.279 e. The molecule has 5 nitrogen and oxygen atoms in total. The molecule has 17 heavy (non-hydrogen) atoms. The van der Waals surface area contributed by atoms with Crippen LogP contribution in [0, 0.1) is 0 Å². The highest BCUT2D eigenvalue weighted by Gasteiger charge is 2.19. The van der Waals surface area contributed by atoms with Crippen molar-refractivity contribution in [2.24, 2.45) is 0 Å². The highest BCUT2D eigenvalue weighted by molar-refractivity contribution is 7.87. The molecule has 3 N–H and O–H groups in total. The standard InChI is InChI=1S/C11H19N3O2S/c1-9(2)14(3)17(15,16)13-8-10-5-4-6-11(12)7-10/h4-7,9,13H,8,12H2,1-3H3. The van der Waals surface area contributed by atoms with Gasteiger partial charge in [-0.3, -0.25) is 0 Å². The summed E-state index contributed by atoms with van der Waals surface area (Å²) < 4.78 is 27.4. The quantitative estimate of drug-likeness (QED) is 0.771. The first-order valence-corrected chi connectivity index (χ1v) is 6.84. The number of nitrogens with one attached hydrogen (secondary N) is 1. The Morgan fingerprint density at radius 1 is 1.41 bits per heavy atom. The number of nitrogens with zero attached hydrogens (tertiary/aromatic N) is 1. The topological polar surface area (TPSA) is 75.4 Å². The third kappa shape index (κ3) is 3.99. The van der Waals surface area contributed by atoms with Gasteiger partial charge in [0.2, 0.25) is 0 Å². The summed E-state index contributed by atoms with van der Waals surface area (Å²) in [4.78, 5) is 0. The smallest absolute Gasteiger partial charge is 0.279 e. The van der Waals surface area contributed by atoms with Crippen LogP contribution in [0.2, 0.25) is 0 Å². The lowest BCUT2D eigenvalue weighted by Gasteiger charge is -2.21. The zero-order valence-electron chi connectivity index (χ0n) is 10.3. The third-order valence-corrected chi connectivity index (χ3v) is 4.21. The highest BCUT2D eigenvalue weighted by Crippen LogP contribution is 2.07. The van der Waals surface area contributed by atoms with Crippen molar-refractivity contribution in [3.63, 3.8) is 0 Å². The largest absolute Gasteiger partial charge is 0.399 e. The van der Waals surface area contributed by atoms with Crippen molar-refractivity contribution in [1.29, 1.82) is 0 Å². The van der Waals surface area contributed by atoms with Crippen LogP contribution in [0.3, 0.4) is 0 Å². The van der Waals surface area contributed by atoms with Crippen LogP contribution in [0.15, 0.2) is 24.3 Å². The summed E-state index contributed by atoms with van der Waals surface area (Å²) in [5.74, 6) is 0. The SMILES string of the molecule is CC(C)N(C)S(=O)(=O)NCc1cccc(N)c1. The van der Waals surface area contributed by atoms with Gasteiger partial charge in [0.05, 0.1) is 0 Å². The summed E-state index contributed by atoms with van der Waals surface area (Å²) in [5, 5.41) is 0. The van der Waals surface area contributed by atoms with E-state index in [0.717, 1.165) is 5.56 Å². The van der Waals surface area contributed by atoms with Gasteiger partial charge in [-0.1, -0.05) is 12.1 Å². The second-order valence-corrected chi connectivity index (χ2v) is 6.00. The van der Waals surface area contributed by atoms with Gasteiger partial charge in [0.1, 0.15) is 0 Å². The van der Waals surface area contributed by atoms with E-state index in [1.54, 1.807) is 25.2 Å². The molecule has 0 saturated heterocycles. The molecular formula is C11H19N3O2S. The van der Waals surface area contributed by atoms with Crippen molar-refractivity contribution in [3.8, 4) is 0 Å². The maximum absolute atomic E-state index is 11.8. The van der Waals surface area contributed by atoms with Gasteiger partial charge in [-0.15, -0.1) is 0 Å². The first-order valence-electron chi connectivity index (χ1n) is 5.40. The Bertz CT molecular complexity index is 471. The highest BCUT2D eigenvalue weighted by atomic mass is 32.2. The summed E-state index contributed by atoms with van der Waals surface area (Å²) in [6, 6.07) is 7.06. The van der Waals surface area contributed by atoms with E-state index in [-0.39, 0.29) is 12.6 Å². The molecule has 1 aromatic rings. The van der Waals surface area contributed by atoms with E-state index in [4.69, 9.17) is 5.73 Å². The minimum absolute atomic E-state index is 0.0756. The number of benzene rings is 1. The zero-order valence-corrected chi connectivity index (χ0v) is 11.2. The van der Waals surface area contributed by atoms with E-state index in [0.29, 0.717) is 5.69 Å². The fourth-order valence-electron chi connectivity index (χ4n) is 1.26. The molecule has 0 aromatic heterocycles. The minimum Gasteiger partial charge on any atom is -0.399 e. The van der Waals surface area contributed by atoms with E-state index < -0.39 is 10.2 Å². The molecule has 1 rings (SSSR count). The fraction of sp³-hybridized carbons (Fsp3) is 0.455. The number of hydrogen-bond acceptors (Lipinski definition) is 3. The Morgan fingerprint density at radius 2 is 2.06 bits per heavy atom. The molecule has 0 aliphatic rings. The van der Waals surface area contributed by atoms with Crippen molar-refractivity contribution in [2.75, 3.05) is 12.8 Å². The van der Waals surface area contributed by atoms with Crippen LogP contribution in [0.4, 0.5) is 5.69 Å². The van der Waals surface area contributed by atoms with E-state index in [1.165, 1.54) is 4.31 Å². The Hall–Kier alpha value is -1.11. The Labute approximate surface area is 103 Å². The second-order valence-electron chi connectivity index (χ2n) is 4.18. The van der Waals surface area contributed by atoms with Crippen LogP contribution in [0.5, 0.6) is 0 Å². The van der Waals surface area contributed by atoms with E-state index in [2.05, 4.69) is 4.72 Å². The van der Waals surface area contributed by atoms with Gasteiger partial charge in [-0.25, -0.2) is 0 Å². The lowest BCUT2D eigenvalue weighted by molar-refractivity contribution is 0.402. The molecule has 0 heterocycles. The van der Waals surface area contributed by atoms with Crippen molar-refractivity contribution < 1.29 is 8.42 Å². The predicted octanol–water partition coefficient (Wildman–Crippen LogP) is 0.943. The summed E-state index contributed by atoms with van der Waals surface area (Å²) in [6.45, 7) is 3.88. The van der Waals surface area contributed by atoms with E-state index in [1.807, 2.05) is 19.9 Å². The molecular weight excluding hydrogens is 238 g/mol. The lowest BCUT2D eigenvalue weighted by Crippen LogP contribution is -2.41. The molecule has 0 aliphatic carbocycles. The lowest BCUT2D eigenvalue weighted by atomic mass is 10.2. The molecule has 0 saturated carbocycles. The molecule has 0 bridgehead atoms. The minimum atomic E-state index is -3.43. The van der Waals surface area contributed by atoms with Gasteiger partial charge in [0.15, 0.2) is 0 Å². The molecule has 0 fully saturated rings. The van der Waals surface area contributed by atoms with Gasteiger partial charge in [0.25, 0.3) is 10.2 Å². The van der Waals surface area contributed by atoms with Crippen molar-refractivity contribution >= 4 is 15.9 Å². The first kappa shape index (κ1) is 14.0. The molecule has 0 aliphatic heterocycles. The summed E-state index contributed by atoms with van der Waals surface area (Å²) in [6.07, 6.45) is 0. The Balaban J connectivity index is 2.68. The Morgan fingerprint density at radius 3 is 2.59 bits per heavy atom. The van der Waals surface area contributed by atoms with Gasteiger partial charge in [-0.2, -0.15) is 17.4 Å². The third-order valence-electron chi connectivity index (χ3n) is 2.52. The first-order chi connectivity index (χ1) is 7.83. The van der Waals surface area contributed by atoms with Crippen molar-refractivity contribution in [3.05, 3.63) is 29.8 Å². The number of anilines is 1. The average molecular weight is 257 g/mol. The molecule has 1 aromatic carbocycles. The normalized spacial score (nSPS) is 12.3. The van der Waals surface area contributed by atoms with Crippen LogP contribution < -0.4 is 10.5 Å². The number of rotatable bonds is 5. The van der Waals surface area contributed by atoms with Gasteiger partial charge in [-0.05, 0) is 31.5 Å². The second kappa shape index (κ2) is 5.48. The summed E-state index contributed by atoms with van der Waals surface area (Å²) in [7, 11) is -1.88. The molecule has 0 unspecified atom stereocenters.